The molecule has 0 aromatic heterocycles. The summed E-state index contributed by atoms with van der Waals surface area (Å²) >= 11 is 0. The first-order valence-corrected chi connectivity index (χ1v) is 10.8. The van der Waals surface area contributed by atoms with Gasteiger partial charge in [0.1, 0.15) is 17.6 Å². The maximum atomic E-state index is 14.2. The van der Waals surface area contributed by atoms with Gasteiger partial charge >= 0.3 is 0 Å². The van der Waals surface area contributed by atoms with Crippen molar-refractivity contribution in [1.29, 1.82) is 0 Å². The Labute approximate surface area is 184 Å². The molecule has 0 aliphatic heterocycles. The third-order valence-electron chi connectivity index (χ3n) is 5.38. The highest BCUT2D eigenvalue weighted by molar-refractivity contribution is 5.88. The smallest absolute Gasteiger partial charge is 0.261 e. The van der Waals surface area contributed by atoms with Gasteiger partial charge in [-0.3, -0.25) is 9.59 Å². The number of halogens is 1. The molecule has 168 valence electrons. The summed E-state index contributed by atoms with van der Waals surface area (Å²) in [5.41, 5.74) is 1.52. The summed E-state index contributed by atoms with van der Waals surface area (Å²) in [6, 6.07) is 13.0. The molecule has 0 aliphatic carbocycles. The Morgan fingerprint density at radius 2 is 1.68 bits per heavy atom. The van der Waals surface area contributed by atoms with E-state index in [0.29, 0.717) is 17.2 Å². The molecule has 0 radical (unpaired) electrons. The van der Waals surface area contributed by atoms with E-state index in [1.54, 1.807) is 25.1 Å². The van der Waals surface area contributed by atoms with Crippen LogP contribution in [0.1, 0.15) is 58.1 Å². The van der Waals surface area contributed by atoms with E-state index in [1.165, 1.54) is 16.5 Å². The van der Waals surface area contributed by atoms with E-state index in [-0.39, 0.29) is 31.0 Å². The standard InChI is InChI=1S/C25H33FN2O3/c1-6-18(4)27-25(30)19(5)28(15-21-9-7-8-10-23(21)26)24(29)16-31-22-13-11-20(12-14-22)17(2)3/h7-14,17-19H,6,15-16H2,1-5H3,(H,27,30)/t18-,19-/m0/s1. The summed E-state index contributed by atoms with van der Waals surface area (Å²) in [6.07, 6.45) is 0.773. The number of benzene rings is 2. The van der Waals surface area contributed by atoms with Crippen molar-refractivity contribution < 1.29 is 18.7 Å². The number of amides is 2. The van der Waals surface area contributed by atoms with Crippen molar-refractivity contribution in [3.8, 4) is 5.75 Å². The number of nitrogens with zero attached hydrogens (tertiary/aromatic N) is 1. The molecule has 0 unspecified atom stereocenters. The second kappa shape index (κ2) is 11.5. The Bertz CT molecular complexity index is 867. The Morgan fingerprint density at radius 1 is 1.03 bits per heavy atom. The average Bonchev–Trinajstić information content (AvgIpc) is 2.76. The Balaban J connectivity index is 2.14. The van der Waals surface area contributed by atoms with Crippen molar-refractivity contribution in [3.05, 3.63) is 65.5 Å². The summed E-state index contributed by atoms with van der Waals surface area (Å²) < 4.78 is 19.9. The first-order chi connectivity index (χ1) is 14.7. The van der Waals surface area contributed by atoms with Gasteiger partial charge in [0.15, 0.2) is 6.61 Å². The molecule has 2 rings (SSSR count). The van der Waals surface area contributed by atoms with E-state index in [2.05, 4.69) is 19.2 Å². The van der Waals surface area contributed by atoms with E-state index >= 15 is 0 Å². The molecule has 31 heavy (non-hydrogen) atoms. The largest absolute Gasteiger partial charge is 0.484 e. The van der Waals surface area contributed by atoms with Gasteiger partial charge in [-0.05, 0) is 49.9 Å². The SMILES string of the molecule is CC[C@H](C)NC(=O)[C@H](C)N(Cc1ccccc1F)C(=O)COc1ccc(C(C)C)cc1. The third kappa shape index (κ3) is 7.09. The lowest BCUT2D eigenvalue weighted by molar-refractivity contribution is -0.142. The summed E-state index contributed by atoms with van der Waals surface area (Å²) in [5.74, 6) is -0.111. The summed E-state index contributed by atoms with van der Waals surface area (Å²) in [5, 5.41) is 2.89. The number of rotatable bonds is 10. The molecule has 0 saturated carbocycles. The summed E-state index contributed by atoms with van der Waals surface area (Å²) in [6.45, 7) is 9.46. The number of carbonyl (C=O) groups is 2. The van der Waals surface area contributed by atoms with Crippen LogP contribution in [-0.2, 0) is 16.1 Å². The fraction of sp³-hybridized carbons (Fsp3) is 0.440. The molecule has 6 heteroatoms. The highest BCUT2D eigenvalue weighted by Gasteiger charge is 2.27. The topological polar surface area (TPSA) is 58.6 Å². The van der Waals surface area contributed by atoms with Crippen molar-refractivity contribution in [2.75, 3.05) is 6.61 Å². The number of ether oxygens (including phenoxy) is 1. The predicted molar refractivity (Wildman–Crippen MR) is 120 cm³/mol. The minimum absolute atomic E-state index is 0.0175. The van der Waals surface area contributed by atoms with Gasteiger partial charge in [0.25, 0.3) is 5.91 Å². The molecule has 0 heterocycles. The molecule has 2 aromatic rings. The summed E-state index contributed by atoms with van der Waals surface area (Å²) in [7, 11) is 0. The van der Waals surface area contributed by atoms with Gasteiger partial charge in [0.05, 0.1) is 0 Å². The molecule has 0 bridgehead atoms. The Morgan fingerprint density at radius 3 is 2.26 bits per heavy atom. The predicted octanol–water partition coefficient (Wildman–Crippen LogP) is 4.66. The minimum Gasteiger partial charge on any atom is -0.484 e. The zero-order chi connectivity index (χ0) is 23.0. The van der Waals surface area contributed by atoms with Crippen LogP contribution in [0.25, 0.3) is 0 Å². The van der Waals surface area contributed by atoms with E-state index < -0.39 is 11.9 Å². The van der Waals surface area contributed by atoms with Crippen LogP contribution in [0.2, 0.25) is 0 Å². The molecule has 0 fully saturated rings. The van der Waals surface area contributed by atoms with E-state index in [1.807, 2.05) is 38.1 Å². The Kier molecular flexibility index (Phi) is 9.03. The van der Waals surface area contributed by atoms with Crippen LogP contribution in [0.3, 0.4) is 0 Å². The normalized spacial score (nSPS) is 12.9. The van der Waals surface area contributed by atoms with Gasteiger partial charge in [-0.15, -0.1) is 0 Å². The lowest BCUT2D eigenvalue weighted by Gasteiger charge is -2.29. The maximum absolute atomic E-state index is 14.2. The number of hydrogen-bond acceptors (Lipinski definition) is 3. The highest BCUT2D eigenvalue weighted by Crippen LogP contribution is 2.19. The molecule has 5 nitrogen and oxygen atoms in total. The second-order valence-electron chi connectivity index (χ2n) is 8.12. The molecule has 1 N–H and O–H groups in total. The zero-order valence-electron chi connectivity index (χ0n) is 19.0. The fourth-order valence-corrected chi connectivity index (χ4v) is 3.04. The monoisotopic (exact) mass is 428 g/mol. The molecular weight excluding hydrogens is 395 g/mol. The van der Waals surface area contributed by atoms with Crippen LogP contribution in [0.5, 0.6) is 5.75 Å². The van der Waals surface area contributed by atoms with Gasteiger partial charge in [0, 0.05) is 18.2 Å². The van der Waals surface area contributed by atoms with Gasteiger partial charge in [-0.1, -0.05) is 51.1 Å². The van der Waals surface area contributed by atoms with Gasteiger partial charge < -0.3 is 15.0 Å². The molecule has 0 aliphatic rings. The van der Waals surface area contributed by atoms with E-state index in [0.717, 1.165) is 6.42 Å². The van der Waals surface area contributed by atoms with Crippen LogP contribution >= 0.6 is 0 Å². The lowest BCUT2D eigenvalue weighted by atomic mass is 10.0. The zero-order valence-corrected chi connectivity index (χ0v) is 19.0. The van der Waals surface area contributed by atoms with Crippen molar-refractivity contribution in [2.24, 2.45) is 0 Å². The maximum Gasteiger partial charge on any atom is 0.261 e. The molecular formula is C25H33FN2O3. The van der Waals surface area contributed by atoms with Crippen molar-refractivity contribution in [3.63, 3.8) is 0 Å². The fourth-order valence-electron chi connectivity index (χ4n) is 3.04. The van der Waals surface area contributed by atoms with E-state index in [4.69, 9.17) is 4.74 Å². The van der Waals surface area contributed by atoms with Crippen LogP contribution in [0.15, 0.2) is 48.5 Å². The first kappa shape index (κ1) is 24.4. The third-order valence-corrected chi connectivity index (χ3v) is 5.38. The van der Waals surface area contributed by atoms with Gasteiger partial charge in [-0.25, -0.2) is 4.39 Å². The molecule has 0 saturated heterocycles. The molecule has 2 atom stereocenters. The Hall–Kier alpha value is -2.89. The molecule has 2 amide bonds. The van der Waals surface area contributed by atoms with Crippen LogP contribution in [0, 0.1) is 5.82 Å². The highest BCUT2D eigenvalue weighted by atomic mass is 19.1. The minimum atomic E-state index is -0.770. The van der Waals surface area contributed by atoms with Gasteiger partial charge in [0.2, 0.25) is 5.91 Å². The average molecular weight is 429 g/mol. The van der Waals surface area contributed by atoms with Crippen molar-refractivity contribution in [2.45, 2.75) is 65.6 Å². The number of nitrogens with one attached hydrogen (secondary N) is 1. The van der Waals surface area contributed by atoms with Crippen LogP contribution in [0.4, 0.5) is 4.39 Å². The molecule has 2 aromatic carbocycles. The van der Waals surface area contributed by atoms with Crippen LogP contribution < -0.4 is 10.1 Å². The van der Waals surface area contributed by atoms with Gasteiger partial charge in [-0.2, -0.15) is 0 Å². The lowest BCUT2D eigenvalue weighted by Crippen LogP contribution is -2.50. The molecule has 0 spiro atoms. The first-order valence-electron chi connectivity index (χ1n) is 10.8. The number of carbonyl (C=O) groups excluding carboxylic acids is 2. The van der Waals surface area contributed by atoms with Crippen molar-refractivity contribution in [1.82, 2.24) is 10.2 Å². The van der Waals surface area contributed by atoms with Crippen molar-refractivity contribution >= 4 is 11.8 Å². The van der Waals surface area contributed by atoms with E-state index in [9.17, 15) is 14.0 Å². The van der Waals surface area contributed by atoms with Crippen LogP contribution in [-0.4, -0.2) is 35.4 Å². The summed E-state index contributed by atoms with van der Waals surface area (Å²) in [4.78, 5) is 27.0. The number of hydrogen-bond donors (Lipinski definition) is 1. The second-order valence-corrected chi connectivity index (χ2v) is 8.12. The quantitative estimate of drug-likeness (QED) is 0.599.